The van der Waals surface area contributed by atoms with Crippen molar-refractivity contribution in [3.05, 3.63) is 69.4 Å². The molecule has 0 amide bonds. The van der Waals surface area contributed by atoms with Crippen LogP contribution in [-0.4, -0.2) is 15.7 Å². The number of benzene rings is 1. The molecule has 23 heavy (non-hydrogen) atoms. The van der Waals surface area contributed by atoms with Gasteiger partial charge in [-0.05, 0) is 40.6 Å². The molecule has 0 spiro atoms. The molecule has 0 saturated heterocycles. The highest BCUT2D eigenvalue weighted by Gasteiger charge is 2.10. The minimum atomic E-state index is 0.0519. The number of aromatic nitrogens is 2. The van der Waals surface area contributed by atoms with Gasteiger partial charge in [-0.15, -0.1) is 0 Å². The average Bonchev–Trinajstić information content (AvgIpc) is 3.20. The van der Waals surface area contributed by atoms with Gasteiger partial charge < -0.3 is 14.9 Å². The Bertz CT molecular complexity index is 1030. The van der Waals surface area contributed by atoms with Crippen molar-refractivity contribution >= 4 is 33.0 Å². The largest absolute Gasteiger partial charge is 0.346 e. The van der Waals surface area contributed by atoms with Gasteiger partial charge >= 0.3 is 0 Å². The minimum absolute atomic E-state index is 0.0519. The molecule has 116 valence electrons. The molecule has 2 N–H and O–H groups in total. The zero-order valence-electron chi connectivity index (χ0n) is 12.6. The molecular formula is C18H17N3OS. The summed E-state index contributed by atoms with van der Waals surface area (Å²) < 4.78 is 3.90. The molecule has 0 saturated carbocycles. The first-order chi connectivity index (χ1) is 11.3. The maximum Gasteiger partial charge on any atom is 0.258 e. The molecule has 1 aromatic carbocycles. The van der Waals surface area contributed by atoms with E-state index in [1.54, 1.807) is 15.9 Å². The number of rotatable bonds is 4. The van der Waals surface area contributed by atoms with Crippen LogP contribution in [0.15, 0.2) is 58.3 Å². The molecular weight excluding hydrogens is 306 g/mol. The van der Waals surface area contributed by atoms with Gasteiger partial charge in [0.05, 0.1) is 12.1 Å². The van der Waals surface area contributed by atoms with Crippen LogP contribution in [0.25, 0.3) is 21.7 Å². The molecule has 0 bridgehead atoms. The Kier molecular flexibility index (Phi) is 3.52. The Labute approximate surface area is 137 Å². The summed E-state index contributed by atoms with van der Waals surface area (Å²) >= 11 is 1.65. The quantitative estimate of drug-likeness (QED) is 0.627. The second kappa shape index (κ2) is 5.68. The summed E-state index contributed by atoms with van der Waals surface area (Å²) in [6, 6.07) is 10.1. The van der Waals surface area contributed by atoms with Crippen LogP contribution in [0.3, 0.4) is 0 Å². The lowest BCUT2D eigenvalue weighted by Crippen LogP contribution is -2.20. The predicted molar refractivity (Wildman–Crippen MR) is 96.2 cm³/mol. The van der Waals surface area contributed by atoms with Gasteiger partial charge in [0.25, 0.3) is 5.56 Å². The van der Waals surface area contributed by atoms with Crippen molar-refractivity contribution in [2.75, 3.05) is 6.54 Å². The van der Waals surface area contributed by atoms with Crippen molar-refractivity contribution in [2.45, 2.75) is 13.1 Å². The molecule has 3 heterocycles. The third-order valence-corrected chi connectivity index (χ3v) is 4.92. The summed E-state index contributed by atoms with van der Waals surface area (Å²) in [4.78, 5) is 12.8. The Morgan fingerprint density at radius 3 is 2.65 bits per heavy atom. The van der Waals surface area contributed by atoms with E-state index in [1.807, 2.05) is 36.0 Å². The van der Waals surface area contributed by atoms with Crippen LogP contribution in [0.1, 0.15) is 5.56 Å². The normalized spacial score (nSPS) is 11.5. The predicted octanol–water partition coefficient (Wildman–Crippen LogP) is 3.02. The fraction of sp³-hybridized carbons (Fsp3) is 0.167. The van der Waals surface area contributed by atoms with Crippen molar-refractivity contribution in [3.63, 3.8) is 0 Å². The average molecular weight is 323 g/mol. The van der Waals surface area contributed by atoms with Crippen LogP contribution >= 0.6 is 11.3 Å². The van der Waals surface area contributed by atoms with Crippen LogP contribution in [0.4, 0.5) is 0 Å². The topological polar surface area (TPSA) is 52.9 Å². The number of nitrogens with two attached hydrogens (primary N) is 1. The zero-order valence-corrected chi connectivity index (χ0v) is 13.4. The molecule has 5 heteroatoms. The lowest BCUT2D eigenvalue weighted by Gasteiger charge is -2.09. The van der Waals surface area contributed by atoms with Crippen molar-refractivity contribution in [3.8, 4) is 0 Å². The molecule has 0 fully saturated rings. The molecule has 0 aliphatic carbocycles. The molecule has 0 radical (unpaired) electrons. The summed E-state index contributed by atoms with van der Waals surface area (Å²) in [6.07, 6.45) is 3.93. The number of nitrogens with zero attached hydrogens (tertiary/aromatic N) is 2. The lowest BCUT2D eigenvalue weighted by atomic mass is 10.1. The monoisotopic (exact) mass is 323 g/mol. The maximum atomic E-state index is 12.8. The van der Waals surface area contributed by atoms with E-state index in [9.17, 15) is 4.79 Å². The van der Waals surface area contributed by atoms with Crippen LogP contribution in [0.2, 0.25) is 0 Å². The van der Waals surface area contributed by atoms with E-state index in [0.29, 0.717) is 13.1 Å². The molecule has 0 unspecified atom stereocenters. The number of fused-ring (bicyclic) bond motifs is 3. The van der Waals surface area contributed by atoms with Crippen molar-refractivity contribution in [2.24, 2.45) is 5.73 Å². The fourth-order valence-electron chi connectivity index (χ4n) is 3.10. The van der Waals surface area contributed by atoms with Gasteiger partial charge in [0.15, 0.2) is 0 Å². The van der Waals surface area contributed by atoms with E-state index in [-0.39, 0.29) is 5.56 Å². The first-order valence-electron chi connectivity index (χ1n) is 7.60. The minimum Gasteiger partial charge on any atom is -0.346 e. The molecule has 0 aliphatic rings. The number of thiophene rings is 1. The van der Waals surface area contributed by atoms with Gasteiger partial charge in [0.2, 0.25) is 0 Å². The summed E-state index contributed by atoms with van der Waals surface area (Å²) in [5.74, 6) is 0. The lowest BCUT2D eigenvalue weighted by molar-refractivity contribution is 0.736. The fourth-order valence-corrected chi connectivity index (χ4v) is 3.76. The summed E-state index contributed by atoms with van der Waals surface area (Å²) in [7, 11) is 0. The maximum absolute atomic E-state index is 12.8. The standard InChI is InChI=1S/C18H17N3OS/c19-6-9-20-7-3-14-1-2-16-15(17(14)20)4-8-21(18(16)22)11-13-5-10-23-12-13/h1-5,7-8,10,12H,6,9,11,19H2. The Balaban J connectivity index is 1.92. The zero-order chi connectivity index (χ0) is 15.8. The van der Waals surface area contributed by atoms with Gasteiger partial charge in [0, 0.05) is 41.6 Å². The summed E-state index contributed by atoms with van der Waals surface area (Å²) in [5, 5.41) is 7.00. The Hall–Kier alpha value is -2.37. The third kappa shape index (κ3) is 2.38. The molecule has 0 atom stereocenters. The van der Waals surface area contributed by atoms with E-state index in [1.165, 1.54) is 0 Å². The first kappa shape index (κ1) is 14.2. The molecule has 4 nitrogen and oxygen atoms in total. The van der Waals surface area contributed by atoms with E-state index in [0.717, 1.165) is 33.8 Å². The van der Waals surface area contributed by atoms with Crippen LogP contribution < -0.4 is 11.3 Å². The number of pyridine rings is 1. The molecule has 4 aromatic rings. The van der Waals surface area contributed by atoms with Gasteiger partial charge in [-0.25, -0.2) is 0 Å². The van der Waals surface area contributed by atoms with Crippen LogP contribution in [0, 0.1) is 0 Å². The van der Waals surface area contributed by atoms with Crippen LogP contribution in [-0.2, 0) is 13.1 Å². The van der Waals surface area contributed by atoms with Gasteiger partial charge in [0.1, 0.15) is 0 Å². The third-order valence-electron chi connectivity index (χ3n) is 4.18. The Morgan fingerprint density at radius 1 is 1.00 bits per heavy atom. The van der Waals surface area contributed by atoms with Crippen molar-refractivity contribution < 1.29 is 0 Å². The highest BCUT2D eigenvalue weighted by molar-refractivity contribution is 7.07. The number of hydrogen-bond acceptors (Lipinski definition) is 3. The van der Waals surface area contributed by atoms with E-state index >= 15 is 0 Å². The molecule has 0 aliphatic heterocycles. The van der Waals surface area contributed by atoms with Crippen LogP contribution in [0.5, 0.6) is 0 Å². The highest BCUT2D eigenvalue weighted by atomic mass is 32.1. The van der Waals surface area contributed by atoms with Gasteiger partial charge in [-0.2, -0.15) is 11.3 Å². The first-order valence-corrected chi connectivity index (χ1v) is 8.54. The van der Waals surface area contributed by atoms with E-state index in [4.69, 9.17) is 5.73 Å². The Morgan fingerprint density at radius 2 is 1.87 bits per heavy atom. The molecule has 3 aromatic heterocycles. The smallest absolute Gasteiger partial charge is 0.258 e. The van der Waals surface area contributed by atoms with Crippen molar-refractivity contribution in [1.82, 2.24) is 9.13 Å². The second-order valence-corrected chi connectivity index (χ2v) is 6.42. The summed E-state index contributed by atoms with van der Waals surface area (Å²) in [5.41, 5.74) is 8.00. The SMILES string of the molecule is NCCn1ccc2ccc3c(=O)n(Cc4ccsc4)ccc3c21. The highest BCUT2D eigenvalue weighted by Crippen LogP contribution is 2.24. The molecule has 4 rings (SSSR count). The van der Waals surface area contributed by atoms with Gasteiger partial charge in [-0.3, -0.25) is 4.79 Å². The second-order valence-electron chi connectivity index (χ2n) is 5.64. The number of hydrogen-bond donors (Lipinski definition) is 1. The van der Waals surface area contributed by atoms with E-state index < -0.39 is 0 Å². The summed E-state index contributed by atoms with van der Waals surface area (Å²) in [6.45, 7) is 1.94. The van der Waals surface area contributed by atoms with Gasteiger partial charge in [-0.1, -0.05) is 6.07 Å². The van der Waals surface area contributed by atoms with E-state index in [2.05, 4.69) is 22.1 Å². The van der Waals surface area contributed by atoms with Crippen molar-refractivity contribution in [1.29, 1.82) is 0 Å².